The topological polar surface area (TPSA) is 69.7 Å². The molecule has 1 aliphatic heterocycles. The van der Waals surface area contributed by atoms with Gasteiger partial charge in [0.25, 0.3) is 0 Å². The van der Waals surface area contributed by atoms with Crippen LogP contribution in [-0.4, -0.2) is 57.4 Å². The highest BCUT2D eigenvalue weighted by Gasteiger charge is 2.20. The van der Waals surface area contributed by atoms with Gasteiger partial charge >= 0.3 is 0 Å². The number of nitrogens with one attached hydrogen (secondary N) is 1. The fourth-order valence-electron chi connectivity index (χ4n) is 3.76. The van der Waals surface area contributed by atoms with Crippen LogP contribution in [0.5, 0.6) is 0 Å². The standard InChI is InChI=1S/C25H26FN3O3S2/c1-27-34(31,32)21-10-6-19(7-11-21)8-13-25(30)29-16-14-28(15-17-29)18-20-9-12-24(33-20)22-4-2-3-5-23(22)26/h2-13,27H,14-18H2,1H3/b13-8+. The zero-order chi connectivity index (χ0) is 24.1. The Morgan fingerprint density at radius 1 is 1.03 bits per heavy atom. The minimum Gasteiger partial charge on any atom is -0.337 e. The maximum atomic E-state index is 14.0. The van der Waals surface area contributed by atoms with Gasteiger partial charge in [-0.3, -0.25) is 9.69 Å². The zero-order valence-electron chi connectivity index (χ0n) is 18.8. The second-order valence-electron chi connectivity index (χ2n) is 7.96. The molecule has 0 unspecified atom stereocenters. The van der Waals surface area contributed by atoms with Gasteiger partial charge in [-0.1, -0.05) is 30.3 Å². The molecule has 34 heavy (non-hydrogen) atoms. The van der Waals surface area contributed by atoms with Gasteiger partial charge in [-0.2, -0.15) is 0 Å². The van der Waals surface area contributed by atoms with E-state index in [-0.39, 0.29) is 16.6 Å². The largest absolute Gasteiger partial charge is 0.337 e. The summed E-state index contributed by atoms with van der Waals surface area (Å²) in [5.74, 6) is -0.278. The maximum absolute atomic E-state index is 14.0. The summed E-state index contributed by atoms with van der Waals surface area (Å²) < 4.78 is 39.9. The Morgan fingerprint density at radius 3 is 2.41 bits per heavy atom. The van der Waals surface area contributed by atoms with E-state index in [9.17, 15) is 17.6 Å². The third kappa shape index (κ3) is 5.79. The quantitative estimate of drug-likeness (QED) is 0.502. The molecule has 3 aromatic rings. The number of halogens is 1. The Hall–Kier alpha value is -2.85. The predicted molar refractivity (Wildman–Crippen MR) is 133 cm³/mol. The van der Waals surface area contributed by atoms with E-state index >= 15 is 0 Å². The van der Waals surface area contributed by atoms with Crippen LogP contribution in [0.2, 0.25) is 0 Å². The van der Waals surface area contributed by atoms with Gasteiger partial charge < -0.3 is 4.90 Å². The molecule has 0 radical (unpaired) electrons. The molecule has 2 heterocycles. The van der Waals surface area contributed by atoms with Crippen LogP contribution in [-0.2, 0) is 21.4 Å². The van der Waals surface area contributed by atoms with Crippen LogP contribution in [0, 0.1) is 5.82 Å². The number of hydrogen-bond donors (Lipinski definition) is 1. The number of thiophene rings is 1. The van der Waals surface area contributed by atoms with Crippen LogP contribution in [0.25, 0.3) is 16.5 Å². The normalized spacial score (nSPS) is 15.2. The molecule has 2 aromatic carbocycles. The molecule has 1 saturated heterocycles. The molecule has 6 nitrogen and oxygen atoms in total. The molecule has 178 valence electrons. The Kier molecular flexibility index (Phi) is 7.57. The Morgan fingerprint density at radius 2 is 1.74 bits per heavy atom. The van der Waals surface area contributed by atoms with Crippen LogP contribution < -0.4 is 4.72 Å². The first-order valence-corrected chi connectivity index (χ1v) is 13.2. The summed E-state index contributed by atoms with van der Waals surface area (Å²) in [6.07, 6.45) is 3.22. The van der Waals surface area contributed by atoms with E-state index in [1.54, 1.807) is 41.7 Å². The van der Waals surface area contributed by atoms with Crippen LogP contribution in [0.1, 0.15) is 10.4 Å². The second kappa shape index (κ2) is 10.6. The highest BCUT2D eigenvalue weighted by atomic mass is 32.2. The van der Waals surface area contributed by atoms with E-state index in [2.05, 4.69) is 9.62 Å². The molecule has 1 aromatic heterocycles. The molecule has 1 amide bonds. The number of benzene rings is 2. The Labute approximate surface area is 203 Å². The van der Waals surface area contributed by atoms with Gasteiger partial charge in [0, 0.05) is 54.1 Å². The number of carbonyl (C=O) groups excluding carboxylic acids is 1. The fourth-order valence-corrected chi connectivity index (χ4v) is 5.57. The number of rotatable bonds is 7. The molecular formula is C25H26FN3O3S2. The minimum atomic E-state index is -3.48. The van der Waals surface area contributed by atoms with Crippen molar-refractivity contribution in [3.8, 4) is 10.4 Å². The van der Waals surface area contributed by atoms with E-state index in [0.717, 1.165) is 30.1 Å². The van der Waals surface area contributed by atoms with E-state index in [0.29, 0.717) is 18.7 Å². The van der Waals surface area contributed by atoms with Gasteiger partial charge in [0.2, 0.25) is 15.9 Å². The van der Waals surface area contributed by atoms with Crippen LogP contribution in [0.3, 0.4) is 0 Å². The smallest absolute Gasteiger partial charge is 0.246 e. The highest BCUT2D eigenvalue weighted by molar-refractivity contribution is 7.89. The maximum Gasteiger partial charge on any atom is 0.246 e. The van der Waals surface area contributed by atoms with E-state index in [4.69, 9.17) is 0 Å². The van der Waals surface area contributed by atoms with E-state index in [1.165, 1.54) is 36.2 Å². The predicted octanol–water partition coefficient (Wildman–Crippen LogP) is 3.82. The molecular weight excluding hydrogens is 473 g/mol. The monoisotopic (exact) mass is 499 g/mol. The molecule has 0 atom stereocenters. The lowest BCUT2D eigenvalue weighted by Gasteiger charge is -2.34. The molecule has 0 bridgehead atoms. The third-order valence-electron chi connectivity index (χ3n) is 5.74. The number of piperazine rings is 1. The lowest BCUT2D eigenvalue weighted by Crippen LogP contribution is -2.47. The first-order valence-electron chi connectivity index (χ1n) is 10.9. The number of nitrogens with zero attached hydrogens (tertiary/aromatic N) is 2. The highest BCUT2D eigenvalue weighted by Crippen LogP contribution is 2.30. The van der Waals surface area contributed by atoms with Crippen molar-refractivity contribution in [3.63, 3.8) is 0 Å². The molecule has 1 aliphatic rings. The number of hydrogen-bond acceptors (Lipinski definition) is 5. The lowest BCUT2D eigenvalue weighted by atomic mass is 10.2. The summed E-state index contributed by atoms with van der Waals surface area (Å²) in [5.41, 5.74) is 1.38. The first-order chi connectivity index (χ1) is 16.4. The molecule has 1 fully saturated rings. The number of carbonyl (C=O) groups is 1. The van der Waals surface area contributed by atoms with Crippen molar-refractivity contribution in [2.75, 3.05) is 33.2 Å². The minimum absolute atomic E-state index is 0.0652. The van der Waals surface area contributed by atoms with Crippen molar-refractivity contribution < 1.29 is 17.6 Å². The van der Waals surface area contributed by atoms with Crippen molar-refractivity contribution >= 4 is 33.3 Å². The number of sulfonamides is 1. The van der Waals surface area contributed by atoms with E-state index < -0.39 is 10.0 Å². The summed E-state index contributed by atoms with van der Waals surface area (Å²) in [4.78, 5) is 19.0. The van der Waals surface area contributed by atoms with Crippen molar-refractivity contribution in [3.05, 3.63) is 83.0 Å². The van der Waals surface area contributed by atoms with Crippen LogP contribution in [0.15, 0.2) is 71.6 Å². The summed E-state index contributed by atoms with van der Waals surface area (Å²) >= 11 is 1.60. The summed E-state index contributed by atoms with van der Waals surface area (Å²) in [5, 5.41) is 0. The molecule has 1 N–H and O–H groups in total. The Balaban J connectivity index is 1.28. The summed E-state index contributed by atoms with van der Waals surface area (Å²) in [6.45, 7) is 3.58. The SMILES string of the molecule is CNS(=O)(=O)c1ccc(/C=C/C(=O)N2CCN(Cc3ccc(-c4ccccc4F)s3)CC2)cc1. The van der Waals surface area contributed by atoms with E-state index in [1.807, 2.05) is 23.1 Å². The van der Waals surface area contributed by atoms with Gasteiger partial charge in [-0.25, -0.2) is 17.5 Å². The molecule has 0 saturated carbocycles. The van der Waals surface area contributed by atoms with Crippen molar-refractivity contribution in [1.82, 2.24) is 14.5 Å². The lowest BCUT2D eigenvalue weighted by molar-refractivity contribution is -0.127. The van der Waals surface area contributed by atoms with Gasteiger partial charge in [0.15, 0.2) is 0 Å². The second-order valence-corrected chi connectivity index (χ2v) is 11.0. The van der Waals surface area contributed by atoms with Crippen LogP contribution >= 0.6 is 11.3 Å². The Bertz CT molecular complexity index is 1280. The third-order valence-corrected chi connectivity index (χ3v) is 8.28. The average Bonchev–Trinajstić information content (AvgIpc) is 3.31. The van der Waals surface area contributed by atoms with Crippen LogP contribution in [0.4, 0.5) is 4.39 Å². The molecule has 4 rings (SSSR count). The fraction of sp³-hybridized carbons (Fsp3) is 0.240. The van der Waals surface area contributed by atoms with Gasteiger partial charge in [-0.15, -0.1) is 11.3 Å². The van der Waals surface area contributed by atoms with Gasteiger partial charge in [-0.05, 0) is 49.0 Å². The average molecular weight is 500 g/mol. The number of amides is 1. The molecule has 0 aliphatic carbocycles. The first kappa shape index (κ1) is 24.3. The molecule has 0 spiro atoms. The summed E-state index contributed by atoms with van der Waals surface area (Å²) in [7, 11) is -2.11. The van der Waals surface area contributed by atoms with Gasteiger partial charge in [0.1, 0.15) is 5.82 Å². The summed E-state index contributed by atoms with van der Waals surface area (Å²) in [6, 6.07) is 17.2. The zero-order valence-corrected chi connectivity index (χ0v) is 20.4. The van der Waals surface area contributed by atoms with Crippen molar-refractivity contribution in [2.45, 2.75) is 11.4 Å². The van der Waals surface area contributed by atoms with Crippen molar-refractivity contribution in [2.24, 2.45) is 0 Å². The molecule has 9 heteroatoms. The van der Waals surface area contributed by atoms with Crippen molar-refractivity contribution in [1.29, 1.82) is 0 Å². The van der Waals surface area contributed by atoms with Gasteiger partial charge in [0.05, 0.1) is 4.90 Å².